The highest BCUT2D eigenvalue weighted by Gasteiger charge is 2.17. The van der Waals surface area contributed by atoms with Crippen LogP contribution < -0.4 is 5.32 Å². The molecule has 5 heteroatoms. The molecule has 0 aliphatic heterocycles. The smallest absolute Gasteiger partial charge is 0.226 e. The number of anilines is 1. The summed E-state index contributed by atoms with van der Waals surface area (Å²) in [6, 6.07) is 0. The maximum Gasteiger partial charge on any atom is 0.226 e. The van der Waals surface area contributed by atoms with E-state index in [0.29, 0.717) is 12.3 Å². The van der Waals surface area contributed by atoms with Crippen molar-refractivity contribution in [3.05, 3.63) is 11.1 Å². The van der Waals surface area contributed by atoms with Gasteiger partial charge >= 0.3 is 0 Å². The minimum atomic E-state index is 0.131. The zero-order chi connectivity index (χ0) is 12.8. The predicted molar refractivity (Wildman–Crippen MR) is 79.2 cm³/mol. The van der Waals surface area contributed by atoms with Crippen LogP contribution in [0.4, 0.5) is 5.13 Å². The molecule has 0 aromatic carbocycles. The molecule has 0 radical (unpaired) electrons. The summed E-state index contributed by atoms with van der Waals surface area (Å²) in [6.45, 7) is 0. The Morgan fingerprint density at radius 3 is 3.00 bits per heavy atom. The third-order valence-electron chi connectivity index (χ3n) is 3.29. The van der Waals surface area contributed by atoms with Crippen LogP contribution in [-0.2, 0) is 10.5 Å². The van der Waals surface area contributed by atoms with Crippen molar-refractivity contribution in [3.8, 4) is 0 Å². The average Bonchev–Trinajstić information content (AvgIpc) is 2.78. The van der Waals surface area contributed by atoms with Crippen molar-refractivity contribution in [2.75, 3.05) is 11.6 Å². The molecule has 1 aromatic rings. The van der Waals surface area contributed by atoms with Gasteiger partial charge in [-0.2, -0.15) is 11.8 Å². The molecule has 0 spiro atoms. The summed E-state index contributed by atoms with van der Waals surface area (Å²) in [5.74, 6) is 1.63. The third kappa shape index (κ3) is 4.28. The van der Waals surface area contributed by atoms with Gasteiger partial charge in [-0.3, -0.25) is 4.79 Å². The molecular weight excluding hydrogens is 264 g/mol. The molecule has 0 saturated heterocycles. The molecule has 1 N–H and O–H groups in total. The van der Waals surface area contributed by atoms with E-state index in [-0.39, 0.29) is 5.91 Å². The van der Waals surface area contributed by atoms with Gasteiger partial charge in [0.05, 0.1) is 5.69 Å². The van der Waals surface area contributed by atoms with Crippen LogP contribution in [0, 0.1) is 5.92 Å². The summed E-state index contributed by atoms with van der Waals surface area (Å²) in [6.07, 6.45) is 9.05. The number of nitrogens with one attached hydrogen (secondary N) is 1. The Morgan fingerprint density at radius 1 is 1.50 bits per heavy atom. The lowest BCUT2D eigenvalue weighted by molar-refractivity contribution is -0.117. The number of hydrogen-bond donors (Lipinski definition) is 1. The van der Waals surface area contributed by atoms with E-state index in [1.807, 2.05) is 5.38 Å². The van der Waals surface area contributed by atoms with Crippen LogP contribution in [0.15, 0.2) is 5.38 Å². The van der Waals surface area contributed by atoms with Crippen LogP contribution in [0.2, 0.25) is 0 Å². The first-order valence-electron chi connectivity index (χ1n) is 6.51. The molecule has 0 bridgehead atoms. The molecule has 1 aliphatic carbocycles. The van der Waals surface area contributed by atoms with E-state index in [4.69, 9.17) is 0 Å². The lowest BCUT2D eigenvalue weighted by atomic mass is 9.87. The van der Waals surface area contributed by atoms with E-state index < -0.39 is 0 Å². The Bertz CT molecular complexity index is 386. The standard InChI is InChI=1S/C13H20N2OS2/c1-17-8-11-9-18-13(14-11)15-12(16)7-10-5-3-2-4-6-10/h9-10H,2-8H2,1H3,(H,14,15,16). The number of thioether (sulfide) groups is 1. The lowest BCUT2D eigenvalue weighted by Gasteiger charge is -2.20. The van der Waals surface area contributed by atoms with Gasteiger partial charge in [0.25, 0.3) is 0 Å². The molecule has 1 saturated carbocycles. The van der Waals surface area contributed by atoms with Crippen LogP contribution in [0.3, 0.4) is 0 Å². The Morgan fingerprint density at radius 2 is 2.28 bits per heavy atom. The van der Waals surface area contributed by atoms with Crippen LogP contribution in [0.5, 0.6) is 0 Å². The average molecular weight is 284 g/mol. The van der Waals surface area contributed by atoms with Gasteiger partial charge in [0, 0.05) is 17.6 Å². The van der Waals surface area contributed by atoms with Gasteiger partial charge in [-0.05, 0) is 25.0 Å². The number of carbonyl (C=O) groups is 1. The van der Waals surface area contributed by atoms with Gasteiger partial charge in [0.15, 0.2) is 5.13 Å². The molecule has 1 heterocycles. The zero-order valence-corrected chi connectivity index (χ0v) is 12.4. The van der Waals surface area contributed by atoms with Crippen molar-refractivity contribution >= 4 is 34.1 Å². The Hall–Kier alpha value is -0.550. The minimum Gasteiger partial charge on any atom is -0.302 e. The van der Waals surface area contributed by atoms with Gasteiger partial charge < -0.3 is 5.32 Å². The van der Waals surface area contributed by atoms with Crippen molar-refractivity contribution in [2.24, 2.45) is 5.92 Å². The van der Waals surface area contributed by atoms with Gasteiger partial charge in [-0.1, -0.05) is 19.3 Å². The summed E-state index contributed by atoms with van der Waals surface area (Å²) < 4.78 is 0. The Labute approximate surface area is 117 Å². The zero-order valence-electron chi connectivity index (χ0n) is 10.8. The fourth-order valence-electron chi connectivity index (χ4n) is 2.40. The van der Waals surface area contributed by atoms with E-state index >= 15 is 0 Å². The topological polar surface area (TPSA) is 42.0 Å². The second-order valence-electron chi connectivity index (χ2n) is 4.83. The molecule has 0 atom stereocenters. The van der Waals surface area contributed by atoms with Crippen molar-refractivity contribution in [3.63, 3.8) is 0 Å². The largest absolute Gasteiger partial charge is 0.302 e. The number of amides is 1. The molecular formula is C13H20N2OS2. The van der Waals surface area contributed by atoms with Gasteiger partial charge in [0.1, 0.15) is 0 Å². The fraction of sp³-hybridized carbons (Fsp3) is 0.692. The molecule has 100 valence electrons. The highest BCUT2D eigenvalue weighted by molar-refractivity contribution is 7.97. The van der Waals surface area contributed by atoms with E-state index in [9.17, 15) is 4.79 Å². The lowest BCUT2D eigenvalue weighted by Crippen LogP contribution is -2.18. The van der Waals surface area contributed by atoms with Crippen molar-refractivity contribution in [2.45, 2.75) is 44.3 Å². The number of rotatable bonds is 5. The van der Waals surface area contributed by atoms with Gasteiger partial charge in [-0.15, -0.1) is 11.3 Å². The van der Waals surface area contributed by atoms with Crippen molar-refractivity contribution in [1.29, 1.82) is 0 Å². The second kappa shape index (κ2) is 7.14. The van der Waals surface area contributed by atoms with Crippen LogP contribution >= 0.6 is 23.1 Å². The summed E-state index contributed by atoms with van der Waals surface area (Å²) in [5, 5.41) is 5.70. The molecule has 18 heavy (non-hydrogen) atoms. The van der Waals surface area contributed by atoms with Crippen LogP contribution in [0.25, 0.3) is 0 Å². The quantitative estimate of drug-likeness (QED) is 0.891. The van der Waals surface area contributed by atoms with E-state index in [1.54, 1.807) is 11.8 Å². The highest BCUT2D eigenvalue weighted by Crippen LogP contribution is 2.27. The van der Waals surface area contributed by atoms with Crippen molar-refractivity contribution in [1.82, 2.24) is 4.98 Å². The summed E-state index contributed by atoms with van der Waals surface area (Å²) in [5.41, 5.74) is 1.06. The van der Waals surface area contributed by atoms with Crippen LogP contribution in [-0.4, -0.2) is 17.1 Å². The molecule has 1 amide bonds. The summed E-state index contributed by atoms with van der Waals surface area (Å²) >= 11 is 3.27. The number of thiazole rings is 1. The van der Waals surface area contributed by atoms with Gasteiger partial charge in [0.2, 0.25) is 5.91 Å². The van der Waals surface area contributed by atoms with E-state index in [0.717, 1.165) is 16.6 Å². The third-order valence-corrected chi connectivity index (χ3v) is 4.68. The van der Waals surface area contributed by atoms with E-state index in [1.165, 1.54) is 43.4 Å². The first-order valence-corrected chi connectivity index (χ1v) is 8.78. The Kier molecular flexibility index (Phi) is 5.50. The SMILES string of the molecule is CSCc1csc(NC(=O)CC2CCCCC2)n1. The molecule has 1 aromatic heterocycles. The maximum absolute atomic E-state index is 11.9. The number of nitrogens with zero attached hydrogens (tertiary/aromatic N) is 1. The fourth-order valence-corrected chi connectivity index (χ4v) is 3.68. The molecule has 0 unspecified atom stereocenters. The second-order valence-corrected chi connectivity index (χ2v) is 6.56. The molecule has 1 aliphatic rings. The molecule has 2 rings (SSSR count). The first kappa shape index (κ1) is 13.9. The van der Waals surface area contributed by atoms with E-state index in [2.05, 4.69) is 16.6 Å². The summed E-state index contributed by atoms with van der Waals surface area (Å²) in [4.78, 5) is 16.3. The first-order chi connectivity index (χ1) is 8.78. The number of hydrogen-bond acceptors (Lipinski definition) is 4. The summed E-state index contributed by atoms with van der Waals surface area (Å²) in [7, 11) is 0. The van der Waals surface area contributed by atoms with Crippen molar-refractivity contribution < 1.29 is 4.79 Å². The number of carbonyl (C=O) groups excluding carboxylic acids is 1. The van der Waals surface area contributed by atoms with Gasteiger partial charge in [-0.25, -0.2) is 4.98 Å². The predicted octanol–water partition coefficient (Wildman–Crippen LogP) is 3.92. The Balaban J connectivity index is 1.78. The number of aromatic nitrogens is 1. The normalized spacial score (nSPS) is 16.7. The van der Waals surface area contributed by atoms with Crippen LogP contribution in [0.1, 0.15) is 44.2 Å². The monoisotopic (exact) mass is 284 g/mol. The minimum absolute atomic E-state index is 0.131. The molecule has 3 nitrogen and oxygen atoms in total. The molecule has 1 fully saturated rings. The highest BCUT2D eigenvalue weighted by atomic mass is 32.2. The maximum atomic E-state index is 11.9.